The van der Waals surface area contributed by atoms with Gasteiger partial charge in [0.05, 0.1) is 11.6 Å². The van der Waals surface area contributed by atoms with Gasteiger partial charge in [0.25, 0.3) is 0 Å². The van der Waals surface area contributed by atoms with E-state index in [0.717, 1.165) is 12.1 Å². The Morgan fingerprint density at radius 2 is 1.58 bits per heavy atom. The molecule has 12 heteroatoms. The number of carbonyl (C=O) groups excluding carboxylic acids is 1. The number of anilines is 2. The molecule has 1 N–H and O–H groups in total. The van der Waals surface area contributed by atoms with Crippen molar-refractivity contribution in [3.8, 4) is 0 Å². The minimum Gasteiger partial charge on any atom is -0.396 e. The van der Waals surface area contributed by atoms with Crippen molar-refractivity contribution in [1.29, 1.82) is 0 Å². The van der Waals surface area contributed by atoms with Crippen LogP contribution in [0.3, 0.4) is 0 Å². The largest absolute Gasteiger partial charge is 0.451 e. The third kappa shape index (κ3) is 6.75. The van der Waals surface area contributed by atoms with Gasteiger partial charge in [-0.05, 0) is 62.1 Å². The van der Waals surface area contributed by atoms with Crippen LogP contribution < -0.4 is 9.80 Å². The van der Waals surface area contributed by atoms with Gasteiger partial charge in [-0.25, -0.2) is 9.97 Å². The molecule has 6 nitrogen and oxygen atoms in total. The Morgan fingerprint density at radius 3 is 2.18 bits per heavy atom. The quantitative estimate of drug-likeness (QED) is 0.456. The average Bonchev–Trinajstić information content (AvgIpc) is 3.38. The molecule has 0 bridgehead atoms. The van der Waals surface area contributed by atoms with Crippen molar-refractivity contribution < 1.29 is 36.2 Å². The molecule has 0 saturated carbocycles. The minimum atomic E-state index is -4.75. The van der Waals surface area contributed by atoms with E-state index in [9.17, 15) is 36.2 Å². The molecule has 0 unspecified atom stereocenters. The smallest absolute Gasteiger partial charge is 0.396 e. The van der Waals surface area contributed by atoms with Crippen LogP contribution in [0.4, 0.5) is 38.0 Å². The van der Waals surface area contributed by atoms with E-state index in [1.807, 2.05) is 0 Å². The summed E-state index contributed by atoms with van der Waals surface area (Å²) in [4.78, 5) is 24.0. The maximum Gasteiger partial charge on any atom is 0.451 e. The molecule has 2 aromatic rings. The van der Waals surface area contributed by atoms with Gasteiger partial charge in [0.1, 0.15) is 11.6 Å². The van der Waals surface area contributed by atoms with Crippen molar-refractivity contribution in [3.63, 3.8) is 0 Å². The first-order valence-electron chi connectivity index (χ1n) is 12.7. The Hall–Kier alpha value is -2.89. The molecule has 3 heterocycles. The lowest BCUT2D eigenvalue weighted by Gasteiger charge is -2.33. The van der Waals surface area contributed by atoms with Crippen LogP contribution >= 0.6 is 0 Å². The standard InChI is InChI=1S/C26H30F6N4O2/c27-25(28,29)19-8-6-17(7-9-19)3-1-5-21(38)20-4-2-12-36(20)23-15-22(33-24(34-23)26(30,31)32)35-13-10-18(16-37)11-14-35/h6-9,15,18,20,37H,1-5,10-14,16H2/t20-/m0/s1. The first-order valence-corrected chi connectivity index (χ1v) is 12.7. The number of aryl methyl sites for hydroxylation is 1. The van der Waals surface area contributed by atoms with E-state index in [1.165, 1.54) is 18.2 Å². The van der Waals surface area contributed by atoms with Crippen molar-refractivity contribution in [2.75, 3.05) is 36.0 Å². The number of nitrogens with zero attached hydrogens (tertiary/aromatic N) is 4. The van der Waals surface area contributed by atoms with Crippen LogP contribution in [0.25, 0.3) is 0 Å². The Kier molecular flexibility index (Phi) is 8.49. The molecule has 0 spiro atoms. The highest BCUT2D eigenvalue weighted by Crippen LogP contribution is 2.34. The summed E-state index contributed by atoms with van der Waals surface area (Å²) >= 11 is 0. The fraction of sp³-hybridized carbons (Fsp3) is 0.577. The molecule has 0 aliphatic carbocycles. The monoisotopic (exact) mass is 544 g/mol. The number of rotatable bonds is 8. The molecule has 2 saturated heterocycles. The number of Topliss-reactive ketones (excluding diaryl/α,β-unsaturated/α-hetero) is 1. The van der Waals surface area contributed by atoms with Crippen molar-refractivity contribution >= 4 is 17.4 Å². The number of halogens is 6. The van der Waals surface area contributed by atoms with E-state index >= 15 is 0 Å². The van der Waals surface area contributed by atoms with E-state index in [4.69, 9.17) is 0 Å². The van der Waals surface area contributed by atoms with Gasteiger partial charge in [0, 0.05) is 38.7 Å². The topological polar surface area (TPSA) is 69.6 Å². The molecule has 4 rings (SSSR count). The molecule has 2 aliphatic heterocycles. The van der Waals surface area contributed by atoms with Crippen molar-refractivity contribution in [2.45, 2.75) is 63.3 Å². The summed E-state index contributed by atoms with van der Waals surface area (Å²) < 4.78 is 79.2. The van der Waals surface area contributed by atoms with Gasteiger partial charge in [-0.3, -0.25) is 4.79 Å². The van der Waals surface area contributed by atoms with E-state index in [1.54, 1.807) is 9.80 Å². The fourth-order valence-corrected chi connectivity index (χ4v) is 5.07. The van der Waals surface area contributed by atoms with Gasteiger partial charge < -0.3 is 14.9 Å². The highest BCUT2D eigenvalue weighted by Gasteiger charge is 2.38. The second kappa shape index (κ2) is 11.5. The molecular weight excluding hydrogens is 514 g/mol. The first kappa shape index (κ1) is 28.1. The zero-order valence-corrected chi connectivity index (χ0v) is 20.7. The van der Waals surface area contributed by atoms with E-state index in [2.05, 4.69) is 9.97 Å². The highest BCUT2D eigenvalue weighted by molar-refractivity contribution is 5.87. The number of carbonyl (C=O) groups is 1. The Balaban J connectivity index is 1.44. The van der Waals surface area contributed by atoms with E-state index in [0.29, 0.717) is 63.7 Å². The summed E-state index contributed by atoms with van der Waals surface area (Å²) in [5, 5.41) is 9.36. The number of aliphatic hydroxyl groups is 1. The van der Waals surface area contributed by atoms with Crippen molar-refractivity contribution in [3.05, 3.63) is 47.3 Å². The lowest BCUT2D eigenvalue weighted by Crippen LogP contribution is -2.38. The molecule has 1 aromatic heterocycles. The number of aliphatic hydroxyl groups excluding tert-OH is 1. The first-order chi connectivity index (χ1) is 18.0. The maximum absolute atomic E-state index is 13.7. The van der Waals surface area contributed by atoms with Crippen LogP contribution in [-0.4, -0.2) is 53.1 Å². The lowest BCUT2D eigenvalue weighted by molar-refractivity contribution is -0.144. The fourth-order valence-electron chi connectivity index (χ4n) is 5.07. The molecule has 0 radical (unpaired) electrons. The zero-order chi connectivity index (χ0) is 27.5. The van der Waals surface area contributed by atoms with Gasteiger partial charge in [-0.15, -0.1) is 0 Å². The third-order valence-electron chi connectivity index (χ3n) is 7.24. The second-order valence-electron chi connectivity index (χ2n) is 9.88. The number of benzene rings is 1. The van der Waals surface area contributed by atoms with Gasteiger partial charge in [-0.2, -0.15) is 26.3 Å². The summed E-state index contributed by atoms with van der Waals surface area (Å²) in [5.41, 5.74) is -0.0616. The zero-order valence-electron chi connectivity index (χ0n) is 20.7. The van der Waals surface area contributed by atoms with E-state index < -0.39 is 29.8 Å². The average molecular weight is 545 g/mol. The summed E-state index contributed by atoms with van der Waals surface area (Å²) in [6, 6.07) is 5.67. The normalized spacial score (nSPS) is 19.3. The minimum absolute atomic E-state index is 0.0348. The van der Waals surface area contributed by atoms with Crippen molar-refractivity contribution in [1.82, 2.24) is 9.97 Å². The number of hydrogen-bond acceptors (Lipinski definition) is 6. The number of alkyl halides is 6. The molecule has 38 heavy (non-hydrogen) atoms. The van der Waals surface area contributed by atoms with Gasteiger partial charge >= 0.3 is 12.4 Å². The molecule has 1 aromatic carbocycles. The van der Waals surface area contributed by atoms with Gasteiger partial charge in [-0.1, -0.05) is 12.1 Å². The predicted octanol–water partition coefficient (Wildman–Crippen LogP) is 5.28. The van der Waals surface area contributed by atoms with Crippen LogP contribution in [0, 0.1) is 5.92 Å². The molecule has 0 amide bonds. The van der Waals surface area contributed by atoms with Gasteiger partial charge in [0.15, 0.2) is 5.78 Å². The van der Waals surface area contributed by atoms with E-state index in [-0.39, 0.29) is 36.4 Å². The SMILES string of the molecule is O=C(CCCc1ccc(C(F)(F)F)cc1)[C@@H]1CCCN1c1cc(N2CCC(CO)CC2)nc(C(F)(F)F)n1. The second-order valence-corrected chi connectivity index (χ2v) is 9.88. The summed E-state index contributed by atoms with van der Waals surface area (Å²) in [6.07, 6.45) is -5.80. The molecule has 208 valence electrons. The highest BCUT2D eigenvalue weighted by atomic mass is 19.4. The summed E-state index contributed by atoms with van der Waals surface area (Å²) in [5.74, 6) is -1.07. The Morgan fingerprint density at radius 1 is 0.921 bits per heavy atom. The van der Waals surface area contributed by atoms with Crippen LogP contribution in [0.15, 0.2) is 30.3 Å². The van der Waals surface area contributed by atoms with Crippen LogP contribution in [-0.2, 0) is 23.6 Å². The molecular formula is C26H30F6N4O2. The Bertz CT molecular complexity index is 1100. The Labute approximate surface area is 216 Å². The van der Waals surface area contributed by atoms with Crippen LogP contribution in [0.5, 0.6) is 0 Å². The molecule has 2 fully saturated rings. The predicted molar refractivity (Wildman–Crippen MR) is 129 cm³/mol. The number of ketones is 1. The summed E-state index contributed by atoms with van der Waals surface area (Å²) in [7, 11) is 0. The molecule has 1 atom stereocenters. The van der Waals surface area contributed by atoms with Gasteiger partial charge in [0.2, 0.25) is 5.82 Å². The lowest BCUT2D eigenvalue weighted by atomic mass is 9.98. The van der Waals surface area contributed by atoms with Crippen LogP contribution in [0.1, 0.15) is 55.5 Å². The van der Waals surface area contributed by atoms with Crippen LogP contribution in [0.2, 0.25) is 0 Å². The summed E-state index contributed by atoms with van der Waals surface area (Å²) in [6.45, 7) is 1.35. The number of piperidine rings is 1. The third-order valence-corrected chi connectivity index (χ3v) is 7.24. The number of hydrogen-bond donors (Lipinski definition) is 1. The van der Waals surface area contributed by atoms with Crippen molar-refractivity contribution in [2.24, 2.45) is 5.92 Å². The molecule has 2 aliphatic rings. The number of aromatic nitrogens is 2. The maximum atomic E-state index is 13.7.